The number of nitrogens with zero attached hydrogens (tertiary/aromatic N) is 3. The fourth-order valence-electron chi connectivity index (χ4n) is 1.52. The van der Waals surface area contributed by atoms with Crippen molar-refractivity contribution < 1.29 is 19.3 Å². The smallest absolute Gasteiger partial charge is 0.319 e. The van der Waals surface area contributed by atoms with Crippen LogP contribution in [-0.2, 0) is 9.59 Å². The van der Waals surface area contributed by atoms with E-state index in [0.29, 0.717) is 4.90 Å². The summed E-state index contributed by atoms with van der Waals surface area (Å²) in [6.07, 6.45) is 1.08. The van der Waals surface area contributed by atoms with E-state index in [4.69, 9.17) is 23.1 Å². The molecule has 0 radical (unpaired) electrons. The van der Waals surface area contributed by atoms with Gasteiger partial charge < -0.3 is 16.4 Å². The SMILES string of the molecule is NC(=O)CN(CC(N)=O)C(=O)c1ccnc(Cl)c1[N+](=O)[O-]. The summed E-state index contributed by atoms with van der Waals surface area (Å²) in [4.78, 5) is 48.3. The van der Waals surface area contributed by atoms with Crippen molar-refractivity contribution >= 4 is 35.0 Å². The largest absolute Gasteiger partial charge is 0.368 e. The number of nitrogens with two attached hydrogens (primary N) is 2. The van der Waals surface area contributed by atoms with Gasteiger partial charge >= 0.3 is 5.69 Å². The Bertz CT molecular complexity index is 604. The number of halogens is 1. The number of aromatic nitrogens is 1. The summed E-state index contributed by atoms with van der Waals surface area (Å²) >= 11 is 5.58. The van der Waals surface area contributed by atoms with Gasteiger partial charge in [-0.25, -0.2) is 4.98 Å². The molecule has 0 saturated carbocycles. The molecule has 1 rings (SSSR count). The van der Waals surface area contributed by atoms with Crippen molar-refractivity contribution in [2.75, 3.05) is 13.1 Å². The van der Waals surface area contributed by atoms with Gasteiger partial charge in [0.2, 0.25) is 17.0 Å². The molecule has 0 bridgehead atoms. The molecule has 0 saturated heterocycles. The lowest BCUT2D eigenvalue weighted by atomic mass is 10.2. The molecule has 3 amide bonds. The molecule has 1 aromatic heterocycles. The second-order valence-corrected chi connectivity index (χ2v) is 4.21. The van der Waals surface area contributed by atoms with Gasteiger partial charge in [-0.2, -0.15) is 0 Å². The maximum absolute atomic E-state index is 12.2. The van der Waals surface area contributed by atoms with Gasteiger partial charge in [-0.05, 0) is 6.07 Å². The lowest BCUT2D eigenvalue weighted by Crippen LogP contribution is -2.43. The molecule has 0 aliphatic heterocycles. The van der Waals surface area contributed by atoms with Gasteiger partial charge in [0.25, 0.3) is 5.91 Å². The highest BCUT2D eigenvalue weighted by Gasteiger charge is 2.29. The first-order chi connectivity index (χ1) is 9.73. The molecule has 1 heterocycles. The van der Waals surface area contributed by atoms with E-state index in [-0.39, 0.29) is 0 Å². The minimum Gasteiger partial charge on any atom is -0.368 e. The van der Waals surface area contributed by atoms with Crippen molar-refractivity contribution in [1.29, 1.82) is 0 Å². The number of amides is 3. The molecule has 0 atom stereocenters. The van der Waals surface area contributed by atoms with Gasteiger partial charge in [-0.15, -0.1) is 0 Å². The molecule has 0 aromatic carbocycles. The van der Waals surface area contributed by atoms with E-state index in [9.17, 15) is 24.5 Å². The zero-order chi connectivity index (χ0) is 16.2. The normalized spacial score (nSPS) is 9.95. The molecule has 1 aromatic rings. The Balaban J connectivity index is 3.26. The molecule has 0 spiro atoms. The zero-order valence-corrected chi connectivity index (χ0v) is 11.2. The summed E-state index contributed by atoms with van der Waals surface area (Å²) in [5.74, 6) is -2.80. The second-order valence-electron chi connectivity index (χ2n) is 3.85. The average molecular weight is 316 g/mol. The van der Waals surface area contributed by atoms with Crippen LogP contribution in [0.3, 0.4) is 0 Å². The first-order valence-electron chi connectivity index (χ1n) is 5.38. The summed E-state index contributed by atoms with van der Waals surface area (Å²) < 4.78 is 0. The number of carbonyl (C=O) groups excluding carboxylic acids is 3. The molecular formula is C10H10ClN5O5. The Kier molecular flexibility index (Phi) is 5.13. The third-order valence-electron chi connectivity index (χ3n) is 2.27. The van der Waals surface area contributed by atoms with Gasteiger partial charge in [-0.3, -0.25) is 24.5 Å². The lowest BCUT2D eigenvalue weighted by Gasteiger charge is -2.19. The number of rotatable bonds is 6. The summed E-state index contributed by atoms with van der Waals surface area (Å²) in [6.45, 7) is -1.25. The number of nitro groups is 1. The van der Waals surface area contributed by atoms with Crippen molar-refractivity contribution in [3.8, 4) is 0 Å². The van der Waals surface area contributed by atoms with Crippen LogP contribution >= 0.6 is 11.6 Å². The van der Waals surface area contributed by atoms with E-state index in [2.05, 4.69) is 4.98 Å². The maximum Gasteiger partial charge on any atom is 0.319 e. The van der Waals surface area contributed by atoms with Crippen LogP contribution in [0.1, 0.15) is 10.4 Å². The van der Waals surface area contributed by atoms with Crippen LogP contribution in [0.4, 0.5) is 5.69 Å². The highest BCUT2D eigenvalue weighted by Crippen LogP contribution is 2.26. The number of hydrogen-bond donors (Lipinski definition) is 2. The number of primary amides is 2. The van der Waals surface area contributed by atoms with Crippen molar-refractivity contribution in [1.82, 2.24) is 9.88 Å². The van der Waals surface area contributed by atoms with Gasteiger partial charge in [0.1, 0.15) is 18.7 Å². The predicted octanol–water partition coefficient (Wildman–Crippen LogP) is -0.944. The van der Waals surface area contributed by atoms with Crippen LogP contribution < -0.4 is 11.5 Å². The van der Waals surface area contributed by atoms with E-state index in [0.717, 1.165) is 12.3 Å². The Hall–Kier alpha value is -2.75. The highest BCUT2D eigenvalue weighted by molar-refractivity contribution is 6.32. The highest BCUT2D eigenvalue weighted by atomic mass is 35.5. The first kappa shape index (κ1) is 16.3. The summed E-state index contributed by atoms with van der Waals surface area (Å²) in [5.41, 5.74) is 8.75. The molecule has 0 aliphatic carbocycles. The predicted molar refractivity (Wildman–Crippen MR) is 70.2 cm³/mol. The Morgan fingerprint density at radius 2 is 1.81 bits per heavy atom. The molecule has 0 fully saturated rings. The fourth-order valence-corrected chi connectivity index (χ4v) is 1.75. The molecule has 4 N–H and O–H groups in total. The first-order valence-corrected chi connectivity index (χ1v) is 5.76. The van der Waals surface area contributed by atoms with Crippen LogP contribution in [0.2, 0.25) is 5.15 Å². The van der Waals surface area contributed by atoms with Crippen molar-refractivity contribution in [3.05, 3.63) is 33.1 Å². The topological polar surface area (TPSA) is 163 Å². The van der Waals surface area contributed by atoms with Crippen LogP contribution in [0.15, 0.2) is 12.3 Å². The number of carbonyl (C=O) groups is 3. The molecule has 112 valence electrons. The third-order valence-corrected chi connectivity index (χ3v) is 2.55. The number of pyridine rings is 1. The minimum atomic E-state index is -0.983. The standard InChI is InChI=1S/C10H10ClN5O5/c11-9-8(16(20)21)5(1-2-14-9)10(19)15(3-6(12)17)4-7(13)18/h1-2H,3-4H2,(H2,12,17)(H2,13,18). The quantitative estimate of drug-likeness (QED) is 0.390. The third kappa shape index (κ3) is 4.11. The fraction of sp³-hybridized carbons (Fsp3) is 0.200. The van der Waals surface area contributed by atoms with Crippen molar-refractivity contribution in [2.45, 2.75) is 0 Å². The Labute approximate surface area is 122 Å². The lowest BCUT2D eigenvalue weighted by molar-refractivity contribution is -0.385. The van der Waals surface area contributed by atoms with Crippen molar-refractivity contribution in [3.63, 3.8) is 0 Å². The minimum absolute atomic E-state index is 0.428. The molecule has 0 unspecified atom stereocenters. The van der Waals surface area contributed by atoms with Gasteiger partial charge in [0.05, 0.1) is 4.92 Å². The van der Waals surface area contributed by atoms with E-state index in [1.165, 1.54) is 0 Å². The van der Waals surface area contributed by atoms with E-state index >= 15 is 0 Å². The summed E-state index contributed by atoms with van der Waals surface area (Å²) in [5, 5.41) is 10.4. The Morgan fingerprint density at radius 1 is 1.29 bits per heavy atom. The molecule has 0 aliphatic rings. The maximum atomic E-state index is 12.2. The van der Waals surface area contributed by atoms with Crippen LogP contribution in [-0.4, -0.2) is 45.6 Å². The van der Waals surface area contributed by atoms with E-state index in [1.54, 1.807) is 0 Å². The molecule has 11 heteroatoms. The van der Waals surface area contributed by atoms with Crippen LogP contribution in [0, 0.1) is 10.1 Å². The van der Waals surface area contributed by atoms with Gasteiger partial charge in [0.15, 0.2) is 0 Å². The van der Waals surface area contributed by atoms with E-state index in [1.807, 2.05) is 0 Å². The second kappa shape index (κ2) is 6.61. The number of hydrogen-bond acceptors (Lipinski definition) is 6. The average Bonchev–Trinajstić information content (AvgIpc) is 2.35. The van der Waals surface area contributed by atoms with Gasteiger partial charge in [0, 0.05) is 6.20 Å². The van der Waals surface area contributed by atoms with Crippen LogP contribution in [0.25, 0.3) is 0 Å². The van der Waals surface area contributed by atoms with Gasteiger partial charge in [-0.1, -0.05) is 11.6 Å². The molecule has 10 nitrogen and oxygen atoms in total. The van der Waals surface area contributed by atoms with Crippen molar-refractivity contribution in [2.24, 2.45) is 11.5 Å². The molecule has 21 heavy (non-hydrogen) atoms. The molecular weight excluding hydrogens is 306 g/mol. The van der Waals surface area contributed by atoms with E-state index < -0.39 is 52.1 Å². The zero-order valence-electron chi connectivity index (χ0n) is 10.5. The Morgan fingerprint density at radius 3 is 2.24 bits per heavy atom. The summed E-state index contributed by atoms with van der Waals surface area (Å²) in [6, 6.07) is 1.04. The van der Waals surface area contributed by atoms with Crippen LogP contribution in [0.5, 0.6) is 0 Å². The summed E-state index contributed by atoms with van der Waals surface area (Å²) in [7, 11) is 0. The monoisotopic (exact) mass is 315 g/mol.